The Hall–Kier alpha value is -2.28. The first-order valence-electron chi connectivity index (χ1n) is 10.8. The number of pyridine rings is 1. The number of aliphatic hydroxyl groups excluding tert-OH is 1. The predicted octanol–water partition coefficient (Wildman–Crippen LogP) is 4.01. The van der Waals surface area contributed by atoms with Crippen LogP contribution in [0.15, 0.2) is 48.8 Å². The third-order valence-electron chi connectivity index (χ3n) is 5.85. The van der Waals surface area contributed by atoms with Crippen molar-refractivity contribution in [3.05, 3.63) is 64.8 Å². The van der Waals surface area contributed by atoms with Crippen LogP contribution in [-0.4, -0.2) is 46.6 Å². The van der Waals surface area contributed by atoms with Gasteiger partial charge in [0, 0.05) is 36.2 Å². The number of likely N-dealkylation sites (tertiary alicyclic amines) is 1. The quantitative estimate of drug-likeness (QED) is 0.603. The van der Waals surface area contributed by atoms with E-state index in [1.54, 1.807) is 11.3 Å². The highest BCUT2D eigenvalue weighted by Crippen LogP contribution is 2.34. The number of nitrogens with zero attached hydrogens (tertiary/aromatic N) is 2. The summed E-state index contributed by atoms with van der Waals surface area (Å²) in [6, 6.07) is 12.8. The lowest BCUT2D eigenvalue weighted by atomic mass is 9.97. The summed E-state index contributed by atoms with van der Waals surface area (Å²) in [5.74, 6) is -0.0762. The number of thiophene rings is 1. The fraction of sp³-hybridized carbons (Fsp3) is 0.417. The summed E-state index contributed by atoms with van der Waals surface area (Å²) in [6.07, 6.45) is 9.48. The number of benzene rings is 1. The molecule has 1 atom stereocenters. The summed E-state index contributed by atoms with van der Waals surface area (Å²) >= 11 is 1.56. The van der Waals surface area contributed by atoms with E-state index >= 15 is 0 Å². The van der Waals surface area contributed by atoms with Gasteiger partial charge in [-0.2, -0.15) is 0 Å². The lowest BCUT2D eigenvalue weighted by Crippen LogP contribution is -2.36. The third kappa shape index (κ3) is 4.89. The first kappa shape index (κ1) is 21.0. The normalized spacial score (nSPS) is 17.7. The Balaban J connectivity index is 1.64. The van der Waals surface area contributed by atoms with E-state index in [1.807, 2.05) is 24.5 Å². The Labute approximate surface area is 181 Å². The van der Waals surface area contributed by atoms with E-state index in [2.05, 4.69) is 39.5 Å². The summed E-state index contributed by atoms with van der Waals surface area (Å²) in [5, 5.41) is 13.1. The molecule has 5 nitrogen and oxygen atoms in total. The Bertz CT molecular complexity index is 973. The maximum absolute atomic E-state index is 12.8. The van der Waals surface area contributed by atoms with Crippen molar-refractivity contribution in [2.45, 2.75) is 44.7 Å². The highest BCUT2D eigenvalue weighted by molar-refractivity contribution is 7.21. The number of aliphatic hydroxyl groups is 1. The summed E-state index contributed by atoms with van der Waals surface area (Å²) in [5.41, 5.74) is 2.38. The lowest BCUT2D eigenvalue weighted by molar-refractivity contribution is 0.0947. The number of rotatable bonds is 7. The molecular formula is C24H29N3O2S. The van der Waals surface area contributed by atoms with Crippen molar-refractivity contribution in [2.75, 3.05) is 19.7 Å². The van der Waals surface area contributed by atoms with Crippen LogP contribution in [0.1, 0.15) is 46.5 Å². The Kier molecular flexibility index (Phi) is 7.10. The van der Waals surface area contributed by atoms with Crippen molar-refractivity contribution in [1.29, 1.82) is 0 Å². The van der Waals surface area contributed by atoms with Crippen LogP contribution in [0.2, 0.25) is 0 Å². The smallest absolute Gasteiger partial charge is 0.261 e. The van der Waals surface area contributed by atoms with Gasteiger partial charge in [0.2, 0.25) is 0 Å². The minimum Gasteiger partial charge on any atom is -0.395 e. The molecule has 30 heavy (non-hydrogen) atoms. The van der Waals surface area contributed by atoms with Crippen LogP contribution in [0.4, 0.5) is 0 Å². The van der Waals surface area contributed by atoms with Crippen LogP contribution >= 0.6 is 11.3 Å². The number of carbonyl (C=O) groups excluding carboxylic acids is 1. The molecule has 0 spiro atoms. The second kappa shape index (κ2) is 10.2. The largest absolute Gasteiger partial charge is 0.395 e. The highest BCUT2D eigenvalue weighted by Gasteiger charge is 2.26. The minimum absolute atomic E-state index is 0.0481. The van der Waals surface area contributed by atoms with Gasteiger partial charge in [0.15, 0.2) is 0 Å². The zero-order valence-corrected chi connectivity index (χ0v) is 18.0. The monoisotopic (exact) mass is 423 g/mol. The molecule has 1 aliphatic rings. The van der Waals surface area contributed by atoms with Crippen LogP contribution in [0, 0.1) is 0 Å². The van der Waals surface area contributed by atoms with E-state index in [0.717, 1.165) is 41.1 Å². The van der Waals surface area contributed by atoms with Crippen molar-refractivity contribution >= 4 is 27.3 Å². The molecule has 3 heterocycles. The number of hydrogen-bond donors (Lipinski definition) is 2. The van der Waals surface area contributed by atoms with Crippen LogP contribution < -0.4 is 5.32 Å². The number of amides is 1. The molecule has 1 unspecified atom stereocenters. The SMILES string of the molecule is O=C(NCCO)c1sc2ccccc2c1CC1CCCCCN1Cc1cccnc1. The van der Waals surface area contributed by atoms with Crippen molar-refractivity contribution < 1.29 is 9.90 Å². The summed E-state index contributed by atoms with van der Waals surface area (Å²) in [7, 11) is 0. The van der Waals surface area contributed by atoms with Crippen LogP contribution in [-0.2, 0) is 13.0 Å². The van der Waals surface area contributed by atoms with Gasteiger partial charge in [-0.15, -0.1) is 11.3 Å². The second-order valence-electron chi connectivity index (χ2n) is 7.92. The van der Waals surface area contributed by atoms with E-state index < -0.39 is 0 Å². The molecule has 0 saturated carbocycles. The maximum atomic E-state index is 12.8. The molecule has 0 aliphatic carbocycles. The summed E-state index contributed by atoms with van der Waals surface area (Å²) < 4.78 is 1.15. The van der Waals surface area contributed by atoms with Crippen LogP contribution in [0.3, 0.4) is 0 Å². The van der Waals surface area contributed by atoms with Gasteiger partial charge in [0.25, 0.3) is 5.91 Å². The van der Waals surface area contributed by atoms with Gasteiger partial charge >= 0.3 is 0 Å². The van der Waals surface area contributed by atoms with Gasteiger partial charge in [0.05, 0.1) is 11.5 Å². The maximum Gasteiger partial charge on any atom is 0.261 e. The molecule has 1 fully saturated rings. The van der Waals surface area contributed by atoms with Crippen molar-refractivity contribution in [3.8, 4) is 0 Å². The average Bonchev–Trinajstić information content (AvgIpc) is 3.00. The van der Waals surface area contributed by atoms with Gasteiger partial charge in [-0.05, 0) is 54.5 Å². The van der Waals surface area contributed by atoms with Gasteiger partial charge in [-0.1, -0.05) is 37.1 Å². The molecule has 0 bridgehead atoms. The minimum atomic E-state index is -0.0762. The van der Waals surface area contributed by atoms with Crippen molar-refractivity contribution in [1.82, 2.24) is 15.2 Å². The van der Waals surface area contributed by atoms with Gasteiger partial charge in [-0.3, -0.25) is 14.7 Å². The molecule has 0 radical (unpaired) electrons. The highest BCUT2D eigenvalue weighted by atomic mass is 32.1. The van der Waals surface area contributed by atoms with Gasteiger partial charge in [0.1, 0.15) is 0 Å². The second-order valence-corrected chi connectivity index (χ2v) is 8.98. The Morgan fingerprint density at radius 1 is 1.20 bits per heavy atom. The zero-order valence-electron chi connectivity index (χ0n) is 17.2. The number of carbonyl (C=O) groups is 1. The lowest BCUT2D eigenvalue weighted by Gasteiger charge is -2.30. The first-order valence-corrected chi connectivity index (χ1v) is 11.6. The Morgan fingerprint density at radius 2 is 2.10 bits per heavy atom. The zero-order chi connectivity index (χ0) is 20.8. The third-order valence-corrected chi connectivity index (χ3v) is 7.06. The van der Waals surface area contributed by atoms with E-state index in [4.69, 9.17) is 5.11 Å². The van der Waals surface area contributed by atoms with E-state index in [0.29, 0.717) is 6.04 Å². The average molecular weight is 424 g/mol. The van der Waals surface area contributed by atoms with Gasteiger partial charge < -0.3 is 10.4 Å². The fourth-order valence-corrected chi connectivity index (χ4v) is 5.52. The molecule has 2 aromatic heterocycles. The number of hydrogen-bond acceptors (Lipinski definition) is 5. The van der Waals surface area contributed by atoms with Gasteiger partial charge in [-0.25, -0.2) is 0 Å². The number of fused-ring (bicyclic) bond motifs is 1. The summed E-state index contributed by atoms with van der Waals surface area (Å²) in [4.78, 5) is 20.5. The predicted molar refractivity (Wildman–Crippen MR) is 122 cm³/mol. The molecule has 3 aromatic rings. The number of nitrogens with one attached hydrogen (secondary N) is 1. The molecular weight excluding hydrogens is 394 g/mol. The Morgan fingerprint density at radius 3 is 2.93 bits per heavy atom. The van der Waals surface area contributed by atoms with E-state index in [9.17, 15) is 4.79 Å². The van der Waals surface area contributed by atoms with Crippen molar-refractivity contribution in [3.63, 3.8) is 0 Å². The van der Waals surface area contributed by atoms with Crippen LogP contribution in [0.5, 0.6) is 0 Å². The first-order chi connectivity index (χ1) is 14.8. The molecule has 1 aromatic carbocycles. The number of aromatic nitrogens is 1. The molecule has 2 N–H and O–H groups in total. The standard InChI is InChI=1S/C24H29N3O2S/c28-14-12-26-24(29)23-21(20-9-3-4-10-22(20)30-23)15-19-8-2-1-5-13-27(19)17-18-7-6-11-25-16-18/h3-4,6-7,9-11,16,19,28H,1-2,5,8,12-15,17H2,(H,26,29). The summed E-state index contributed by atoms with van der Waals surface area (Å²) in [6.45, 7) is 2.21. The topological polar surface area (TPSA) is 65.5 Å². The van der Waals surface area contributed by atoms with Crippen molar-refractivity contribution in [2.24, 2.45) is 0 Å². The molecule has 1 aliphatic heterocycles. The molecule has 4 rings (SSSR count). The van der Waals surface area contributed by atoms with E-state index in [-0.39, 0.29) is 19.1 Å². The van der Waals surface area contributed by atoms with Crippen LogP contribution in [0.25, 0.3) is 10.1 Å². The fourth-order valence-electron chi connectivity index (χ4n) is 4.37. The molecule has 1 saturated heterocycles. The molecule has 1 amide bonds. The molecule has 6 heteroatoms. The van der Waals surface area contributed by atoms with E-state index in [1.165, 1.54) is 30.2 Å². The molecule has 158 valence electrons.